The quantitative estimate of drug-likeness (QED) is 0.621. The summed E-state index contributed by atoms with van der Waals surface area (Å²) in [5.41, 5.74) is 0.997. The van der Waals surface area contributed by atoms with Crippen LogP contribution < -0.4 is 15.4 Å². The Bertz CT molecular complexity index is 1030. The van der Waals surface area contributed by atoms with E-state index in [0.29, 0.717) is 11.3 Å². The van der Waals surface area contributed by atoms with E-state index in [9.17, 15) is 18.0 Å². The van der Waals surface area contributed by atoms with Crippen molar-refractivity contribution in [2.24, 2.45) is 0 Å². The summed E-state index contributed by atoms with van der Waals surface area (Å²) < 4.78 is 27.2. The number of carbonyl (C=O) groups excluding carboxylic acids is 2. The van der Waals surface area contributed by atoms with Gasteiger partial charge in [-0.25, -0.2) is 13.1 Å². The van der Waals surface area contributed by atoms with Gasteiger partial charge in [0.1, 0.15) is 0 Å². The largest absolute Gasteiger partial charge is 0.349 e. The number of anilines is 1. The second-order valence-corrected chi connectivity index (χ2v) is 9.32. The van der Waals surface area contributed by atoms with Crippen molar-refractivity contribution in [3.63, 3.8) is 0 Å². The van der Waals surface area contributed by atoms with Crippen LogP contribution in [-0.4, -0.2) is 32.3 Å². The molecule has 154 valence electrons. The molecule has 1 fully saturated rings. The first-order chi connectivity index (χ1) is 13.7. The Morgan fingerprint density at radius 3 is 2.28 bits per heavy atom. The number of rotatable bonds is 7. The van der Waals surface area contributed by atoms with E-state index in [2.05, 4.69) is 15.4 Å². The van der Waals surface area contributed by atoms with Gasteiger partial charge in [0, 0.05) is 23.3 Å². The van der Waals surface area contributed by atoms with Gasteiger partial charge >= 0.3 is 0 Å². The smallest absolute Gasteiger partial charge is 0.257 e. The Hall–Kier alpha value is -2.42. The monoisotopic (exact) mass is 435 g/mol. The fourth-order valence-electron chi connectivity index (χ4n) is 2.62. The third-order valence-electron chi connectivity index (χ3n) is 4.20. The van der Waals surface area contributed by atoms with Crippen LogP contribution in [0.25, 0.3) is 0 Å². The van der Waals surface area contributed by atoms with E-state index >= 15 is 0 Å². The SMILES string of the molecule is CC(C)NS(=O)(=O)c1ccc(Cl)c(C(=O)Nc2ccc(C(=O)NC3CC3)cc2)c1. The maximum atomic E-state index is 12.6. The number of hydrogen-bond donors (Lipinski definition) is 3. The van der Waals surface area contributed by atoms with Crippen molar-refractivity contribution in [1.82, 2.24) is 10.0 Å². The first kappa shape index (κ1) is 21.3. The standard InChI is InChI=1S/C20H22ClN3O4S/c1-12(2)24-29(27,28)16-9-10-18(21)17(11-16)20(26)23-14-5-3-13(4-6-14)19(25)22-15-7-8-15/h3-6,9-12,15,24H,7-8H2,1-2H3,(H,22,25)(H,23,26). The molecule has 1 aliphatic rings. The number of amides is 2. The lowest BCUT2D eigenvalue weighted by molar-refractivity contribution is 0.0950. The number of carbonyl (C=O) groups is 2. The lowest BCUT2D eigenvalue weighted by Crippen LogP contribution is -2.30. The van der Waals surface area contributed by atoms with Crippen LogP contribution in [0.3, 0.4) is 0 Å². The van der Waals surface area contributed by atoms with Gasteiger partial charge in [0.25, 0.3) is 11.8 Å². The third kappa shape index (κ3) is 5.56. The highest BCUT2D eigenvalue weighted by molar-refractivity contribution is 7.89. The van der Waals surface area contributed by atoms with Gasteiger partial charge in [-0.2, -0.15) is 0 Å². The first-order valence-electron chi connectivity index (χ1n) is 9.20. The molecule has 0 aliphatic heterocycles. The number of sulfonamides is 1. The maximum absolute atomic E-state index is 12.6. The second-order valence-electron chi connectivity index (χ2n) is 7.20. The molecule has 0 saturated heterocycles. The van der Waals surface area contributed by atoms with Crippen LogP contribution in [0.2, 0.25) is 5.02 Å². The van der Waals surface area contributed by atoms with Gasteiger partial charge in [-0.15, -0.1) is 0 Å². The van der Waals surface area contributed by atoms with Gasteiger partial charge in [-0.05, 0) is 69.2 Å². The Morgan fingerprint density at radius 1 is 1.03 bits per heavy atom. The summed E-state index contributed by atoms with van der Waals surface area (Å²) in [5, 5.41) is 5.69. The lowest BCUT2D eigenvalue weighted by atomic mass is 10.1. The number of nitrogens with one attached hydrogen (secondary N) is 3. The molecular formula is C20H22ClN3O4S. The van der Waals surface area contributed by atoms with Crippen molar-refractivity contribution >= 4 is 39.1 Å². The van der Waals surface area contributed by atoms with Gasteiger partial charge in [-0.1, -0.05) is 11.6 Å². The average Bonchev–Trinajstić information content (AvgIpc) is 3.45. The summed E-state index contributed by atoms with van der Waals surface area (Å²) in [4.78, 5) is 24.6. The molecule has 2 aromatic rings. The van der Waals surface area contributed by atoms with Crippen molar-refractivity contribution in [1.29, 1.82) is 0 Å². The molecule has 0 heterocycles. The zero-order valence-corrected chi connectivity index (χ0v) is 17.6. The van der Waals surface area contributed by atoms with Gasteiger partial charge in [0.2, 0.25) is 10.0 Å². The minimum absolute atomic E-state index is 0.0360. The van der Waals surface area contributed by atoms with Crippen LogP contribution in [0.1, 0.15) is 47.4 Å². The van der Waals surface area contributed by atoms with Crippen LogP contribution in [0.4, 0.5) is 5.69 Å². The molecule has 1 saturated carbocycles. The van der Waals surface area contributed by atoms with E-state index in [-0.39, 0.29) is 33.5 Å². The number of hydrogen-bond acceptors (Lipinski definition) is 4. The Labute approximate surface area is 174 Å². The normalized spacial score (nSPS) is 13.9. The summed E-state index contributed by atoms with van der Waals surface area (Å²) in [5.74, 6) is -0.698. The van der Waals surface area contributed by atoms with Gasteiger partial charge < -0.3 is 10.6 Å². The molecule has 0 unspecified atom stereocenters. The third-order valence-corrected chi connectivity index (χ3v) is 6.19. The van der Waals surface area contributed by atoms with E-state index in [1.54, 1.807) is 38.1 Å². The second kappa shape index (κ2) is 8.52. The summed E-state index contributed by atoms with van der Waals surface area (Å²) >= 11 is 6.11. The molecular weight excluding hydrogens is 414 g/mol. The highest BCUT2D eigenvalue weighted by atomic mass is 35.5. The average molecular weight is 436 g/mol. The topological polar surface area (TPSA) is 104 Å². The van der Waals surface area contributed by atoms with E-state index < -0.39 is 15.9 Å². The van der Waals surface area contributed by atoms with E-state index in [0.717, 1.165) is 12.8 Å². The van der Waals surface area contributed by atoms with Crippen LogP contribution in [0, 0.1) is 0 Å². The fourth-order valence-corrected chi connectivity index (χ4v) is 4.10. The Morgan fingerprint density at radius 2 is 1.69 bits per heavy atom. The zero-order chi connectivity index (χ0) is 21.2. The summed E-state index contributed by atoms with van der Waals surface area (Å²) in [6, 6.07) is 10.4. The number of halogens is 1. The summed E-state index contributed by atoms with van der Waals surface area (Å²) in [7, 11) is -3.76. The molecule has 0 atom stereocenters. The molecule has 2 amide bonds. The Kier molecular flexibility index (Phi) is 6.26. The van der Waals surface area contributed by atoms with Gasteiger partial charge in [0.15, 0.2) is 0 Å². The molecule has 9 heteroatoms. The molecule has 2 aromatic carbocycles. The van der Waals surface area contributed by atoms with Crippen molar-refractivity contribution in [3.05, 3.63) is 58.6 Å². The molecule has 3 rings (SSSR count). The fraction of sp³-hybridized carbons (Fsp3) is 0.300. The van der Waals surface area contributed by atoms with Gasteiger partial charge in [0.05, 0.1) is 15.5 Å². The van der Waals surface area contributed by atoms with Crippen LogP contribution in [0.5, 0.6) is 0 Å². The van der Waals surface area contributed by atoms with Crippen molar-refractivity contribution < 1.29 is 18.0 Å². The summed E-state index contributed by atoms with van der Waals surface area (Å²) in [6.07, 6.45) is 2.00. The molecule has 0 spiro atoms. The maximum Gasteiger partial charge on any atom is 0.257 e. The van der Waals surface area contributed by atoms with E-state index in [4.69, 9.17) is 11.6 Å². The Balaban J connectivity index is 1.74. The van der Waals surface area contributed by atoms with Crippen LogP contribution in [-0.2, 0) is 10.0 Å². The van der Waals surface area contributed by atoms with E-state index in [1.165, 1.54) is 18.2 Å². The molecule has 0 aromatic heterocycles. The van der Waals surface area contributed by atoms with Crippen molar-refractivity contribution in [3.8, 4) is 0 Å². The van der Waals surface area contributed by atoms with E-state index in [1.807, 2.05) is 0 Å². The predicted octanol–water partition coefficient (Wildman–Crippen LogP) is 3.17. The van der Waals surface area contributed by atoms with Crippen molar-refractivity contribution in [2.45, 2.75) is 43.7 Å². The minimum atomic E-state index is -3.76. The van der Waals surface area contributed by atoms with Crippen LogP contribution in [0.15, 0.2) is 47.4 Å². The first-order valence-corrected chi connectivity index (χ1v) is 11.1. The molecule has 1 aliphatic carbocycles. The lowest BCUT2D eigenvalue weighted by Gasteiger charge is -2.12. The highest BCUT2D eigenvalue weighted by Gasteiger charge is 2.24. The number of benzene rings is 2. The molecule has 3 N–H and O–H groups in total. The zero-order valence-electron chi connectivity index (χ0n) is 16.0. The molecule has 0 radical (unpaired) electrons. The molecule has 29 heavy (non-hydrogen) atoms. The van der Waals surface area contributed by atoms with Gasteiger partial charge in [-0.3, -0.25) is 9.59 Å². The minimum Gasteiger partial charge on any atom is -0.349 e. The molecule has 0 bridgehead atoms. The highest BCUT2D eigenvalue weighted by Crippen LogP contribution is 2.23. The summed E-state index contributed by atoms with van der Waals surface area (Å²) in [6.45, 7) is 3.41. The van der Waals surface area contributed by atoms with Crippen molar-refractivity contribution in [2.75, 3.05) is 5.32 Å². The predicted molar refractivity (Wildman–Crippen MR) is 112 cm³/mol. The molecule has 7 nitrogen and oxygen atoms in total. The van der Waals surface area contributed by atoms with Crippen LogP contribution >= 0.6 is 11.6 Å².